The van der Waals surface area contributed by atoms with Crippen LogP contribution in [0.1, 0.15) is 38.7 Å². The van der Waals surface area contributed by atoms with Crippen molar-refractivity contribution in [2.24, 2.45) is 5.92 Å². The van der Waals surface area contributed by atoms with Crippen molar-refractivity contribution in [1.82, 2.24) is 5.32 Å². The molecule has 0 aromatic heterocycles. The number of nitrogens with one attached hydrogen (secondary N) is 1. The zero-order valence-electron chi connectivity index (χ0n) is 14.3. The fraction of sp³-hybridized carbons (Fsp3) is 0.353. The van der Waals surface area contributed by atoms with Gasteiger partial charge in [-0.3, -0.25) is 34.8 Å². The summed E-state index contributed by atoms with van der Waals surface area (Å²) in [5, 5.41) is 13.3. The van der Waals surface area contributed by atoms with Crippen LogP contribution in [0.15, 0.2) is 23.8 Å². The highest BCUT2D eigenvalue weighted by Crippen LogP contribution is 2.28. The third-order valence-electron chi connectivity index (χ3n) is 3.96. The summed E-state index contributed by atoms with van der Waals surface area (Å²) in [4.78, 5) is 55.0. The minimum absolute atomic E-state index is 0.0610. The molecule has 1 aliphatic rings. The Morgan fingerprint density at radius 1 is 1.35 bits per heavy atom. The number of nitro benzene ring substituents is 1. The summed E-state index contributed by atoms with van der Waals surface area (Å²) < 4.78 is 0. The molecule has 1 aromatic rings. The summed E-state index contributed by atoms with van der Waals surface area (Å²) in [6.45, 7) is 3.69. The molecule has 1 heterocycles. The Labute approximate surface area is 149 Å². The SMILES string of the molecule is CCC(CC)C(=O)OOc1ccc([N+](=O)[O-])c(C=C2CC(=O)NC2=O)c1. The van der Waals surface area contributed by atoms with Crippen molar-refractivity contribution in [1.29, 1.82) is 0 Å². The number of rotatable bonds is 7. The summed E-state index contributed by atoms with van der Waals surface area (Å²) >= 11 is 0. The molecule has 0 radical (unpaired) electrons. The Kier molecular flexibility index (Phi) is 6.05. The largest absolute Gasteiger partial charge is 0.358 e. The summed E-state index contributed by atoms with van der Waals surface area (Å²) in [7, 11) is 0. The maximum atomic E-state index is 11.8. The van der Waals surface area contributed by atoms with Crippen molar-refractivity contribution in [2.45, 2.75) is 33.1 Å². The van der Waals surface area contributed by atoms with E-state index in [9.17, 15) is 24.5 Å². The van der Waals surface area contributed by atoms with Crippen molar-refractivity contribution in [3.05, 3.63) is 39.4 Å². The molecule has 0 atom stereocenters. The number of carbonyl (C=O) groups excluding carboxylic acids is 3. The van der Waals surface area contributed by atoms with Crippen LogP contribution < -0.4 is 10.2 Å². The normalized spacial score (nSPS) is 15.3. The first-order valence-corrected chi connectivity index (χ1v) is 8.07. The highest BCUT2D eigenvalue weighted by molar-refractivity contribution is 6.15. The molecule has 1 fully saturated rings. The molecule has 1 N–H and O–H groups in total. The van der Waals surface area contributed by atoms with Crippen molar-refractivity contribution >= 4 is 29.5 Å². The van der Waals surface area contributed by atoms with Crippen molar-refractivity contribution in [3.8, 4) is 5.75 Å². The van der Waals surface area contributed by atoms with E-state index in [2.05, 4.69) is 5.32 Å². The van der Waals surface area contributed by atoms with Gasteiger partial charge in [0.25, 0.3) is 11.6 Å². The maximum Gasteiger partial charge on any atom is 0.358 e. The van der Waals surface area contributed by atoms with Crippen molar-refractivity contribution < 1.29 is 29.1 Å². The van der Waals surface area contributed by atoms with E-state index in [1.165, 1.54) is 24.3 Å². The van der Waals surface area contributed by atoms with Gasteiger partial charge in [0.15, 0.2) is 5.75 Å². The molecule has 26 heavy (non-hydrogen) atoms. The number of hydrogen-bond donors (Lipinski definition) is 1. The molecule has 0 unspecified atom stereocenters. The van der Waals surface area contributed by atoms with Gasteiger partial charge in [-0.2, -0.15) is 0 Å². The number of nitrogens with zero attached hydrogens (tertiary/aromatic N) is 1. The Bertz CT molecular complexity index is 781. The summed E-state index contributed by atoms with van der Waals surface area (Å²) in [6, 6.07) is 3.71. The van der Waals surface area contributed by atoms with Crippen LogP contribution >= 0.6 is 0 Å². The van der Waals surface area contributed by atoms with Gasteiger partial charge in [-0.1, -0.05) is 13.8 Å². The fourth-order valence-electron chi connectivity index (χ4n) is 2.45. The third kappa shape index (κ3) is 4.44. The molecule has 2 rings (SSSR count). The Morgan fingerprint density at radius 2 is 2.04 bits per heavy atom. The van der Waals surface area contributed by atoms with Gasteiger partial charge < -0.3 is 0 Å². The number of hydrogen-bond acceptors (Lipinski definition) is 7. The first kappa shape index (κ1) is 19.1. The molecule has 9 nitrogen and oxygen atoms in total. The van der Waals surface area contributed by atoms with Gasteiger partial charge in [-0.05, 0) is 31.1 Å². The minimum atomic E-state index is -0.624. The maximum absolute atomic E-state index is 11.8. The van der Waals surface area contributed by atoms with Gasteiger partial charge >= 0.3 is 5.97 Å². The Balaban J connectivity index is 2.24. The van der Waals surface area contributed by atoms with E-state index < -0.39 is 22.7 Å². The Hall–Kier alpha value is -3.23. The number of imide groups is 1. The molecule has 1 aliphatic heterocycles. The summed E-state index contributed by atoms with van der Waals surface area (Å²) in [5.74, 6) is -1.85. The van der Waals surface area contributed by atoms with Gasteiger partial charge in [0.2, 0.25) is 5.91 Å². The molecule has 0 bridgehead atoms. The lowest BCUT2D eigenvalue weighted by Crippen LogP contribution is -2.19. The van der Waals surface area contributed by atoms with E-state index in [1.807, 2.05) is 13.8 Å². The quantitative estimate of drug-likeness (QED) is 0.259. The van der Waals surface area contributed by atoms with E-state index in [0.717, 1.165) is 0 Å². The topological polar surface area (TPSA) is 125 Å². The zero-order chi connectivity index (χ0) is 19.3. The minimum Gasteiger partial charge on any atom is -0.292 e. The smallest absolute Gasteiger partial charge is 0.292 e. The second-order valence-electron chi connectivity index (χ2n) is 5.70. The number of nitro groups is 1. The highest BCUT2D eigenvalue weighted by Gasteiger charge is 2.25. The lowest BCUT2D eigenvalue weighted by molar-refractivity contribution is -0.385. The molecular formula is C17H18N2O7. The first-order chi connectivity index (χ1) is 12.3. The van der Waals surface area contributed by atoms with Crippen LogP contribution in [0, 0.1) is 16.0 Å². The molecule has 9 heteroatoms. The molecule has 1 saturated heterocycles. The zero-order valence-corrected chi connectivity index (χ0v) is 14.3. The van der Waals surface area contributed by atoms with Crippen LogP contribution in [0.4, 0.5) is 5.69 Å². The summed E-state index contributed by atoms with van der Waals surface area (Å²) in [6.07, 6.45) is 2.28. The van der Waals surface area contributed by atoms with Gasteiger partial charge in [0.05, 0.1) is 22.8 Å². The average molecular weight is 362 g/mol. The molecular weight excluding hydrogens is 344 g/mol. The fourth-order valence-corrected chi connectivity index (χ4v) is 2.45. The lowest BCUT2D eigenvalue weighted by atomic mass is 10.0. The van der Waals surface area contributed by atoms with Gasteiger partial charge in [0, 0.05) is 11.6 Å². The molecule has 0 spiro atoms. The van der Waals surface area contributed by atoms with Crippen LogP contribution in [0.3, 0.4) is 0 Å². The van der Waals surface area contributed by atoms with Gasteiger partial charge in [-0.15, -0.1) is 0 Å². The van der Waals surface area contributed by atoms with Crippen LogP contribution in [-0.4, -0.2) is 22.7 Å². The van der Waals surface area contributed by atoms with Crippen molar-refractivity contribution in [3.63, 3.8) is 0 Å². The van der Waals surface area contributed by atoms with E-state index in [4.69, 9.17) is 9.78 Å². The van der Waals surface area contributed by atoms with Gasteiger partial charge in [0.1, 0.15) is 0 Å². The van der Waals surface area contributed by atoms with E-state index >= 15 is 0 Å². The van der Waals surface area contributed by atoms with Crippen LogP contribution in [0.25, 0.3) is 6.08 Å². The molecule has 0 saturated carbocycles. The molecule has 1 aromatic carbocycles. The predicted molar refractivity (Wildman–Crippen MR) is 89.6 cm³/mol. The van der Waals surface area contributed by atoms with E-state index in [-0.39, 0.29) is 34.9 Å². The first-order valence-electron chi connectivity index (χ1n) is 8.07. The third-order valence-corrected chi connectivity index (χ3v) is 3.96. The molecule has 0 aliphatic carbocycles. The number of carbonyl (C=O) groups is 3. The monoisotopic (exact) mass is 362 g/mol. The predicted octanol–water partition coefficient (Wildman–Crippen LogP) is 2.30. The number of amides is 2. The Morgan fingerprint density at radius 3 is 2.58 bits per heavy atom. The number of benzene rings is 1. The van der Waals surface area contributed by atoms with Crippen LogP contribution in [0.5, 0.6) is 5.75 Å². The highest BCUT2D eigenvalue weighted by atomic mass is 17.2. The van der Waals surface area contributed by atoms with Gasteiger partial charge in [-0.25, -0.2) is 4.79 Å². The lowest BCUT2D eigenvalue weighted by Gasteiger charge is -2.11. The van der Waals surface area contributed by atoms with Crippen LogP contribution in [0.2, 0.25) is 0 Å². The molecule has 138 valence electrons. The summed E-state index contributed by atoms with van der Waals surface area (Å²) in [5.41, 5.74) is -0.112. The molecule has 2 amide bonds. The average Bonchev–Trinajstić information content (AvgIpc) is 2.91. The second kappa shape index (κ2) is 8.24. The van der Waals surface area contributed by atoms with E-state index in [1.54, 1.807) is 0 Å². The van der Waals surface area contributed by atoms with Crippen LogP contribution in [-0.2, 0) is 19.3 Å². The second-order valence-corrected chi connectivity index (χ2v) is 5.70. The standard InChI is InChI=1S/C17H18N2O7/c1-3-10(4-2)17(22)26-25-13-5-6-14(19(23)24)11(8-13)7-12-9-15(20)18-16(12)21/h5-8,10H,3-4,9H2,1-2H3,(H,18,20,21). The van der Waals surface area contributed by atoms with E-state index in [0.29, 0.717) is 12.8 Å². The van der Waals surface area contributed by atoms with Crippen molar-refractivity contribution in [2.75, 3.05) is 0 Å².